The number of phenolic OH excluding ortho intramolecular Hbond substituents is 1. The Kier molecular flexibility index (Phi) is 4.63. The molecule has 0 radical (unpaired) electrons. The summed E-state index contributed by atoms with van der Waals surface area (Å²) in [4.78, 5) is 21.5. The van der Waals surface area contributed by atoms with Crippen molar-refractivity contribution in [1.29, 1.82) is 0 Å². The number of Topliss-reactive ketones (excluding diaryl/α,β-unsaturated/α-hetero) is 1. The van der Waals surface area contributed by atoms with Crippen molar-refractivity contribution in [3.63, 3.8) is 0 Å². The maximum atomic E-state index is 11.7. The Morgan fingerprint density at radius 2 is 2.12 bits per heavy atom. The van der Waals surface area contributed by atoms with E-state index in [0.717, 1.165) is 31.4 Å². The first-order chi connectivity index (χ1) is 8.06. The Labute approximate surface area is 99.2 Å². The van der Waals surface area contributed by atoms with Crippen LogP contribution in [0.5, 0.6) is 5.75 Å². The summed E-state index contributed by atoms with van der Waals surface area (Å²) in [6.45, 7) is 2.04. The largest absolute Gasteiger partial charge is 0.502 e. The first-order valence-corrected chi connectivity index (χ1v) is 5.57. The minimum absolute atomic E-state index is 0.0938. The van der Waals surface area contributed by atoms with Gasteiger partial charge in [-0.05, 0) is 18.6 Å². The van der Waals surface area contributed by atoms with Crippen molar-refractivity contribution in [3.05, 3.63) is 33.9 Å². The van der Waals surface area contributed by atoms with Gasteiger partial charge in [-0.25, -0.2) is 0 Å². The molecular weight excluding hydrogens is 222 g/mol. The van der Waals surface area contributed by atoms with Crippen molar-refractivity contribution in [2.45, 2.75) is 32.6 Å². The van der Waals surface area contributed by atoms with E-state index < -0.39 is 10.7 Å². The van der Waals surface area contributed by atoms with Crippen molar-refractivity contribution < 1.29 is 14.8 Å². The van der Waals surface area contributed by atoms with Crippen molar-refractivity contribution >= 4 is 11.5 Å². The standard InChI is InChI=1S/C12H15NO4/c1-2-3-4-5-11(14)9-6-7-10(13(16)17)12(15)8-9/h6-8,15H,2-5H2,1H3. The summed E-state index contributed by atoms with van der Waals surface area (Å²) in [6, 6.07) is 3.70. The fourth-order valence-electron chi connectivity index (χ4n) is 1.53. The van der Waals surface area contributed by atoms with E-state index in [1.165, 1.54) is 6.07 Å². The summed E-state index contributed by atoms with van der Waals surface area (Å²) in [7, 11) is 0. The van der Waals surface area contributed by atoms with Crippen LogP contribution >= 0.6 is 0 Å². The van der Waals surface area contributed by atoms with E-state index >= 15 is 0 Å². The zero-order chi connectivity index (χ0) is 12.8. The molecule has 0 amide bonds. The molecular formula is C12H15NO4. The molecule has 0 fully saturated rings. The second kappa shape index (κ2) is 5.98. The number of nitro groups is 1. The molecule has 0 saturated heterocycles. The number of carbonyl (C=O) groups excluding carboxylic acids is 1. The maximum absolute atomic E-state index is 11.7. The summed E-state index contributed by atoms with van der Waals surface area (Å²) >= 11 is 0. The number of hydrogen-bond acceptors (Lipinski definition) is 4. The molecule has 1 aromatic carbocycles. The van der Waals surface area contributed by atoms with Gasteiger partial charge >= 0.3 is 5.69 Å². The molecule has 0 atom stereocenters. The van der Waals surface area contributed by atoms with E-state index in [-0.39, 0.29) is 11.5 Å². The number of ketones is 1. The first kappa shape index (κ1) is 13.2. The van der Waals surface area contributed by atoms with Crippen LogP contribution in [-0.4, -0.2) is 15.8 Å². The van der Waals surface area contributed by atoms with Crippen LogP contribution in [0.25, 0.3) is 0 Å². The van der Waals surface area contributed by atoms with Crippen LogP contribution in [0.15, 0.2) is 18.2 Å². The topological polar surface area (TPSA) is 80.4 Å². The number of unbranched alkanes of at least 4 members (excludes halogenated alkanes) is 2. The summed E-state index contributed by atoms with van der Waals surface area (Å²) in [6.07, 6.45) is 3.21. The minimum Gasteiger partial charge on any atom is -0.502 e. The Hall–Kier alpha value is -1.91. The molecule has 0 aliphatic heterocycles. The van der Waals surface area contributed by atoms with Gasteiger partial charge in [0.25, 0.3) is 0 Å². The highest BCUT2D eigenvalue weighted by Crippen LogP contribution is 2.26. The monoisotopic (exact) mass is 237 g/mol. The van der Waals surface area contributed by atoms with Crippen LogP contribution in [0.4, 0.5) is 5.69 Å². The zero-order valence-electron chi connectivity index (χ0n) is 9.68. The van der Waals surface area contributed by atoms with E-state index in [0.29, 0.717) is 12.0 Å². The zero-order valence-corrected chi connectivity index (χ0v) is 9.68. The van der Waals surface area contributed by atoms with Gasteiger partial charge < -0.3 is 5.11 Å². The summed E-state index contributed by atoms with van der Waals surface area (Å²) in [5, 5.41) is 19.9. The van der Waals surface area contributed by atoms with Crippen LogP contribution in [0.3, 0.4) is 0 Å². The van der Waals surface area contributed by atoms with Gasteiger partial charge in [0.15, 0.2) is 11.5 Å². The molecule has 0 aromatic heterocycles. The lowest BCUT2D eigenvalue weighted by atomic mass is 10.0. The molecule has 1 N–H and O–H groups in total. The Balaban J connectivity index is 2.76. The van der Waals surface area contributed by atoms with Gasteiger partial charge in [-0.3, -0.25) is 14.9 Å². The number of rotatable bonds is 6. The number of carbonyl (C=O) groups is 1. The third kappa shape index (κ3) is 3.55. The Morgan fingerprint density at radius 3 is 2.65 bits per heavy atom. The number of aromatic hydroxyl groups is 1. The lowest BCUT2D eigenvalue weighted by Gasteiger charge is -2.02. The molecule has 5 heteroatoms. The maximum Gasteiger partial charge on any atom is 0.310 e. The van der Waals surface area contributed by atoms with E-state index in [1.54, 1.807) is 0 Å². The van der Waals surface area contributed by atoms with Crippen molar-refractivity contribution in [2.75, 3.05) is 0 Å². The van der Waals surface area contributed by atoms with Gasteiger partial charge in [0, 0.05) is 18.1 Å². The third-order valence-corrected chi connectivity index (χ3v) is 2.50. The van der Waals surface area contributed by atoms with E-state index in [4.69, 9.17) is 0 Å². The number of phenols is 1. The molecule has 0 heterocycles. The molecule has 92 valence electrons. The average Bonchev–Trinajstić information content (AvgIpc) is 2.28. The van der Waals surface area contributed by atoms with Crippen LogP contribution in [0.2, 0.25) is 0 Å². The molecule has 0 saturated carbocycles. The quantitative estimate of drug-likeness (QED) is 0.357. The highest BCUT2D eigenvalue weighted by Gasteiger charge is 2.15. The van der Waals surface area contributed by atoms with Gasteiger partial charge in [-0.15, -0.1) is 0 Å². The van der Waals surface area contributed by atoms with Crippen LogP contribution < -0.4 is 0 Å². The van der Waals surface area contributed by atoms with Gasteiger partial charge in [0.05, 0.1) is 4.92 Å². The normalized spacial score (nSPS) is 10.2. The lowest BCUT2D eigenvalue weighted by molar-refractivity contribution is -0.385. The fourth-order valence-corrected chi connectivity index (χ4v) is 1.53. The molecule has 0 spiro atoms. The molecule has 0 bridgehead atoms. The smallest absolute Gasteiger partial charge is 0.310 e. The van der Waals surface area contributed by atoms with Crippen molar-refractivity contribution in [1.82, 2.24) is 0 Å². The van der Waals surface area contributed by atoms with Gasteiger partial charge in [0.2, 0.25) is 0 Å². The fraction of sp³-hybridized carbons (Fsp3) is 0.417. The Bertz CT molecular complexity index is 429. The Morgan fingerprint density at radius 1 is 1.41 bits per heavy atom. The SMILES string of the molecule is CCCCCC(=O)c1ccc([N+](=O)[O-])c(O)c1. The molecule has 0 unspecified atom stereocenters. The number of nitro benzene ring substituents is 1. The van der Waals surface area contributed by atoms with Crippen molar-refractivity contribution in [2.24, 2.45) is 0 Å². The highest BCUT2D eigenvalue weighted by atomic mass is 16.6. The van der Waals surface area contributed by atoms with E-state index in [2.05, 4.69) is 0 Å². The van der Waals surface area contributed by atoms with Gasteiger partial charge in [-0.2, -0.15) is 0 Å². The van der Waals surface area contributed by atoms with Gasteiger partial charge in [0.1, 0.15) is 0 Å². The average molecular weight is 237 g/mol. The summed E-state index contributed by atoms with van der Waals surface area (Å²) in [5.74, 6) is -0.556. The second-order valence-corrected chi connectivity index (χ2v) is 3.84. The highest BCUT2D eigenvalue weighted by molar-refractivity contribution is 5.96. The molecule has 0 aliphatic carbocycles. The number of benzene rings is 1. The van der Waals surface area contributed by atoms with E-state index in [1.807, 2.05) is 6.92 Å². The predicted octanol–water partition coefficient (Wildman–Crippen LogP) is 3.06. The van der Waals surface area contributed by atoms with Gasteiger partial charge in [-0.1, -0.05) is 19.8 Å². The molecule has 1 rings (SSSR count). The predicted molar refractivity (Wildman–Crippen MR) is 63.2 cm³/mol. The molecule has 0 aliphatic rings. The van der Waals surface area contributed by atoms with Crippen LogP contribution in [0, 0.1) is 10.1 Å². The number of nitrogens with zero attached hydrogens (tertiary/aromatic N) is 1. The number of hydrogen-bond donors (Lipinski definition) is 1. The molecule has 17 heavy (non-hydrogen) atoms. The minimum atomic E-state index is -0.680. The molecule has 1 aromatic rings. The first-order valence-electron chi connectivity index (χ1n) is 5.57. The van der Waals surface area contributed by atoms with Crippen molar-refractivity contribution in [3.8, 4) is 5.75 Å². The van der Waals surface area contributed by atoms with E-state index in [9.17, 15) is 20.0 Å². The lowest BCUT2D eigenvalue weighted by Crippen LogP contribution is -1.99. The molecule has 5 nitrogen and oxygen atoms in total. The second-order valence-electron chi connectivity index (χ2n) is 3.84. The summed E-state index contributed by atoms with van der Waals surface area (Å²) < 4.78 is 0. The van der Waals surface area contributed by atoms with Crippen LogP contribution in [0.1, 0.15) is 43.0 Å². The third-order valence-electron chi connectivity index (χ3n) is 2.50. The summed E-state index contributed by atoms with van der Waals surface area (Å²) in [5.41, 5.74) is -0.0562. The van der Waals surface area contributed by atoms with Crippen LogP contribution in [-0.2, 0) is 0 Å².